The molecule has 0 fully saturated rings. The minimum Gasteiger partial charge on any atom is -0.478 e. The maximum absolute atomic E-state index is 12.9. The van der Waals surface area contributed by atoms with E-state index >= 15 is 0 Å². The largest absolute Gasteiger partial charge is 0.478 e. The third-order valence-corrected chi connectivity index (χ3v) is 6.40. The maximum atomic E-state index is 12.9. The van der Waals surface area contributed by atoms with Crippen molar-refractivity contribution < 1.29 is 24.2 Å². The van der Waals surface area contributed by atoms with E-state index in [1.54, 1.807) is 6.07 Å². The second kappa shape index (κ2) is 10.7. The molecule has 3 N–H and O–H groups in total. The van der Waals surface area contributed by atoms with Crippen LogP contribution in [0.2, 0.25) is 0 Å². The van der Waals surface area contributed by atoms with E-state index in [4.69, 9.17) is 4.74 Å². The van der Waals surface area contributed by atoms with Crippen molar-refractivity contribution >= 4 is 39.6 Å². The molecule has 3 aromatic rings. The molecule has 1 aliphatic carbocycles. The molecule has 0 saturated carbocycles. The first kappa shape index (κ1) is 24.5. The Bertz CT molecular complexity index is 1230. The number of amides is 2. The van der Waals surface area contributed by atoms with Crippen LogP contribution >= 0.6 is 15.9 Å². The number of aromatic carboxylic acids is 1. The maximum Gasteiger partial charge on any atom is 0.407 e. The van der Waals surface area contributed by atoms with Crippen LogP contribution in [-0.2, 0) is 9.53 Å². The minimum atomic E-state index is -1.11. The van der Waals surface area contributed by atoms with Gasteiger partial charge in [0, 0.05) is 16.1 Å². The second-order valence-corrected chi connectivity index (χ2v) is 9.25. The summed E-state index contributed by atoms with van der Waals surface area (Å²) in [6, 6.07) is 19.7. The van der Waals surface area contributed by atoms with E-state index in [2.05, 4.69) is 38.7 Å². The molecule has 0 unspecified atom stereocenters. The first-order chi connectivity index (χ1) is 16.9. The summed E-state index contributed by atoms with van der Waals surface area (Å²) in [5, 5.41) is 14.6. The molecular weight excluding hydrogens is 512 g/mol. The molecule has 0 bridgehead atoms. The number of benzene rings is 3. The number of hydrogen-bond acceptors (Lipinski definition) is 4. The summed E-state index contributed by atoms with van der Waals surface area (Å²) in [5.41, 5.74) is 4.83. The third kappa shape index (κ3) is 5.54. The molecule has 1 atom stereocenters. The molecule has 0 radical (unpaired) electrons. The highest BCUT2D eigenvalue weighted by Gasteiger charge is 2.29. The zero-order valence-corrected chi connectivity index (χ0v) is 20.7. The summed E-state index contributed by atoms with van der Waals surface area (Å²) in [4.78, 5) is 36.8. The summed E-state index contributed by atoms with van der Waals surface area (Å²) >= 11 is 3.25. The highest BCUT2D eigenvalue weighted by Crippen LogP contribution is 2.44. The van der Waals surface area contributed by atoms with Crippen LogP contribution in [0.4, 0.5) is 10.5 Å². The van der Waals surface area contributed by atoms with E-state index in [0.717, 1.165) is 22.3 Å². The quantitative estimate of drug-likeness (QED) is 0.337. The molecule has 7 nitrogen and oxygen atoms in total. The summed E-state index contributed by atoms with van der Waals surface area (Å²) in [5.74, 6) is -1.64. The Labute approximate surface area is 211 Å². The zero-order chi connectivity index (χ0) is 24.9. The van der Waals surface area contributed by atoms with Gasteiger partial charge in [-0.25, -0.2) is 9.59 Å². The van der Waals surface area contributed by atoms with Crippen LogP contribution in [-0.4, -0.2) is 35.7 Å². The van der Waals surface area contributed by atoms with Crippen LogP contribution in [0.5, 0.6) is 0 Å². The standard InChI is InChI=1S/C27H25BrN2O5/c1-2-7-24(25(31)29-18-13-16(26(32)33)12-17(28)14-18)30-27(34)35-15-23-21-10-5-3-8-19(21)20-9-4-6-11-22(20)23/h3-6,8-14,23-24H,2,7,15H2,1H3,(H,29,31)(H,30,34)(H,32,33)/t24-/m0/s1. The summed E-state index contributed by atoms with van der Waals surface area (Å²) in [6.45, 7) is 2.05. The highest BCUT2D eigenvalue weighted by molar-refractivity contribution is 9.10. The topological polar surface area (TPSA) is 105 Å². The number of carboxylic acids is 1. The molecule has 0 heterocycles. The van der Waals surface area contributed by atoms with E-state index in [1.165, 1.54) is 12.1 Å². The Morgan fingerprint density at radius 2 is 1.63 bits per heavy atom. The van der Waals surface area contributed by atoms with Gasteiger partial charge in [-0.15, -0.1) is 0 Å². The molecule has 2 amide bonds. The van der Waals surface area contributed by atoms with Gasteiger partial charge in [0.1, 0.15) is 12.6 Å². The van der Waals surface area contributed by atoms with E-state index in [0.29, 0.717) is 23.0 Å². The number of nitrogens with one attached hydrogen (secondary N) is 2. The number of alkyl carbamates (subject to hydrolysis) is 1. The van der Waals surface area contributed by atoms with Crippen molar-refractivity contribution in [2.45, 2.75) is 31.7 Å². The summed E-state index contributed by atoms with van der Waals surface area (Å²) < 4.78 is 6.09. The lowest BCUT2D eigenvalue weighted by Gasteiger charge is -2.19. The number of anilines is 1. The lowest BCUT2D eigenvalue weighted by Crippen LogP contribution is -2.44. The van der Waals surface area contributed by atoms with Crippen LogP contribution in [0.3, 0.4) is 0 Å². The van der Waals surface area contributed by atoms with Gasteiger partial charge in [0.15, 0.2) is 0 Å². The second-order valence-electron chi connectivity index (χ2n) is 8.33. The molecule has 35 heavy (non-hydrogen) atoms. The number of ether oxygens (including phenoxy) is 1. The van der Waals surface area contributed by atoms with Crippen molar-refractivity contribution in [2.75, 3.05) is 11.9 Å². The van der Waals surface area contributed by atoms with Gasteiger partial charge >= 0.3 is 12.1 Å². The van der Waals surface area contributed by atoms with Crippen molar-refractivity contribution in [3.05, 3.63) is 87.9 Å². The molecule has 8 heteroatoms. The molecule has 4 rings (SSSR count). The summed E-state index contributed by atoms with van der Waals surface area (Å²) in [6.07, 6.45) is 0.372. The van der Waals surface area contributed by atoms with Gasteiger partial charge in [-0.05, 0) is 46.9 Å². The van der Waals surface area contributed by atoms with Gasteiger partial charge in [0.2, 0.25) is 5.91 Å². The number of hydrogen-bond donors (Lipinski definition) is 3. The number of rotatable bonds is 8. The van der Waals surface area contributed by atoms with Crippen LogP contribution in [0.25, 0.3) is 11.1 Å². The molecular formula is C27H25BrN2O5. The number of carbonyl (C=O) groups is 3. The number of carboxylic acid groups (broad SMARTS) is 1. The predicted octanol–water partition coefficient (Wildman–Crippen LogP) is 5.79. The highest BCUT2D eigenvalue weighted by atomic mass is 79.9. The molecule has 0 saturated heterocycles. The van der Waals surface area contributed by atoms with Crippen LogP contribution < -0.4 is 10.6 Å². The first-order valence-corrected chi connectivity index (χ1v) is 12.1. The molecule has 180 valence electrons. The van der Waals surface area contributed by atoms with Crippen LogP contribution in [0.1, 0.15) is 47.2 Å². The fraction of sp³-hybridized carbons (Fsp3) is 0.222. The van der Waals surface area contributed by atoms with Gasteiger partial charge in [0.25, 0.3) is 0 Å². The molecule has 3 aromatic carbocycles. The third-order valence-electron chi connectivity index (χ3n) is 5.94. The fourth-order valence-corrected chi connectivity index (χ4v) is 4.85. The van der Waals surface area contributed by atoms with Crippen molar-refractivity contribution in [3.63, 3.8) is 0 Å². The van der Waals surface area contributed by atoms with Gasteiger partial charge in [-0.2, -0.15) is 0 Å². The fourth-order valence-electron chi connectivity index (χ4n) is 4.35. The molecule has 0 spiro atoms. The minimum absolute atomic E-state index is 0.0335. The predicted molar refractivity (Wildman–Crippen MR) is 137 cm³/mol. The van der Waals surface area contributed by atoms with Crippen LogP contribution in [0.15, 0.2) is 71.2 Å². The van der Waals surface area contributed by atoms with Gasteiger partial charge < -0.3 is 20.5 Å². The smallest absolute Gasteiger partial charge is 0.407 e. The Kier molecular flexibility index (Phi) is 7.51. The Morgan fingerprint density at radius 3 is 2.23 bits per heavy atom. The molecule has 1 aliphatic rings. The molecule has 0 aliphatic heterocycles. The SMILES string of the molecule is CCC[C@H](NC(=O)OCC1c2ccccc2-c2ccccc21)C(=O)Nc1cc(Br)cc(C(=O)O)c1. The van der Waals surface area contributed by atoms with Crippen LogP contribution in [0, 0.1) is 0 Å². The van der Waals surface area contributed by atoms with E-state index in [9.17, 15) is 19.5 Å². The Morgan fingerprint density at radius 1 is 1.00 bits per heavy atom. The van der Waals surface area contributed by atoms with Gasteiger partial charge in [-0.1, -0.05) is 77.8 Å². The van der Waals surface area contributed by atoms with E-state index in [-0.39, 0.29) is 18.1 Å². The lowest BCUT2D eigenvalue weighted by molar-refractivity contribution is -0.118. The lowest BCUT2D eigenvalue weighted by atomic mass is 9.98. The van der Waals surface area contributed by atoms with Crippen molar-refractivity contribution in [3.8, 4) is 11.1 Å². The first-order valence-electron chi connectivity index (χ1n) is 11.3. The normalized spacial score (nSPS) is 12.9. The van der Waals surface area contributed by atoms with Crippen molar-refractivity contribution in [1.29, 1.82) is 0 Å². The van der Waals surface area contributed by atoms with E-state index < -0.39 is 24.0 Å². The number of fused-ring (bicyclic) bond motifs is 3. The number of carbonyl (C=O) groups excluding carboxylic acids is 2. The average molecular weight is 537 g/mol. The van der Waals surface area contributed by atoms with Crippen molar-refractivity contribution in [1.82, 2.24) is 5.32 Å². The van der Waals surface area contributed by atoms with Gasteiger partial charge in [0.05, 0.1) is 5.56 Å². The van der Waals surface area contributed by atoms with Gasteiger partial charge in [-0.3, -0.25) is 4.79 Å². The monoisotopic (exact) mass is 536 g/mol. The Hall–Kier alpha value is -3.65. The van der Waals surface area contributed by atoms with Crippen molar-refractivity contribution in [2.24, 2.45) is 0 Å². The number of halogens is 1. The zero-order valence-electron chi connectivity index (χ0n) is 19.1. The van der Waals surface area contributed by atoms with E-state index in [1.807, 2.05) is 43.3 Å². The average Bonchev–Trinajstić information content (AvgIpc) is 3.16. The molecule has 0 aromatic heterocycles. The summed E-state index contributed by atoms with van der Waals surface area (Å²) in [7, 11) is 0. The Balaban J connectivity index is 1.42.